The SMILES string of the molecule is COc1ccc(Cl)c(CCCN2CCOCC2)c1F. The van der Waals surface area contributed by atoms with Crippen LogP contribution in [0, 0.1) is 5.82 Å². The molecule has 0 atom stereocenters. The minimum absolute atomic E-state index is 0.255. The molecule has 0 unspecified atom stereocenters. The molecule has 19 heavy (non-hydrogen) atoms. The quantitative estimate of drug-likeness (QED) is 0.831. The van der Waals surface area contributed by atoms with Crippen molar-refractivity contribution in [3.8, 4) is 5.75 Å². The number of hydrogen-bond donors (Lipinski definition) is 0. The van der Waals surface area contributed by atoms with Crippen LogP contribution in [0.25, 0.3) is 0 Å². The number of hydrogen-bond acceptors (Lipinski definition) is 3. The molecular formula is C14H19ClFNO2. The van der Waals surface area contributed by atoms with Gasteiger partial charge in [-0.3, -0.25) is 4.90 Å². The van der Waals surface area contributed by atoms with Gasteiger partial charge in [-0.1, -0.05) is 11.6 Å². The van der Waals surface area contributed by atoms with E-state index < -0.39 is 0 Å². The van der Waals surface area contributed by atoms with E-state index in [0.29, 0.717) is 17.0 Å². The molecule has 1 aliphatic rings. The lowest BCUT2D eigenvalue weighted by atomic mass is 10.1. The van der Waals surface area contributed by atoms with Gasteiger partial charge in [0, 0.05) is 23.7 Å². The second-order valence-electron chi connectivity index (χ2n) is 4.60. The number of halogens is 2. The fourth-order valence-corrected chi connectivity index (χ4v) is 2.51. The van der Waals surface area contributed by atoms with Gasteiger partial charge in [0.15, 0.2) is 11.6 Å². The lowest BCUT2D eigenvalue weighted by Crippen LogP contribution is -2.37. The van der Waals surface area contributed by atoms with Crippen molar-refractivity contribution >= 4 is 11.6 Å². The average Bonchev–Trinajstić information content (AvgIpc) is 2.44. The topological polar surface area (TPSA) is 21.7 Å². The summed E-state index contributed by atoms with van der Waals surface area (Å²) in [5, 5.41) is 0.472. The first-order chi connectivity index (χ1) is 9.22. The van der Waals surface area contributed by atoms with Gasteiger partial charge in [-0.2, -0.15) is 0 Å². The standard InChI is InChI=1S/C14H19ClFNO2/c1-18-13-5-4-12(15)11(14(13)16)3-2-6-17-7-9-19-10-8-17/h4-5H,2-3,6-10H2,1H3. The molecule has 1 saturated heterocycles. The summed E-state index contributed by atoms with van der Waals surface area (Å²) in [5.74, 6) is -0.0808. The van der Waals surface area contributed by atoms with Crippen LogP contribution < -0.4 is 4.74 Å². The Hall–Kier alpha value is -0.840. The van der Waals surface area contributed by atoms with Crippen molar-refractivity contribution in [3.63, 3.8) is 0 Å². The van der Waals surface area contributed by atoms with Crippen LogP contribution in [-0.2, 0) is 11.2 Å². The van der Waals surface area contributed by atoms with E-state index in [2.05, 4.69) is 4.90 Å². The summed E-state index contributed by atoms with van der Waals surface area (Å²) in [6, 6.07) is 3.25. The zero-order chi connectivity index (χ0) is 13.7. The first kappa shape index (κ1) is 14.6. The molecule has 0 saturated carbocycles. The van der Waals surface area contributed by atoms with Crippen LogP contribution in [0.3, 0.4) is 0 Å². The van der Waals surface area contributed by atoms with Crippen LogP contribution in [0.5, 0.6) is 5.75 Å². The number of nitrogens with zero attached hydrogens (tertiary/aromatic N) is 1. The number of benzene rings is 1. The van der Waals surface area contributed by atoms with E-state index in [9.17, 15) is 4.39 Å². The first-order valence-electron chi connectivity index (χ1n) is 6.53. The molecule has 1 fully saturated rings. The number of methoxy groups -OCH3 is 1. The predicted octanol–water partition coefficient (Wildman–Crippen LogP) is 2.75. The van der Waals surface area contributed by atoms with Crippen molar-refractivity contribution in [1.82, 2.24) is 4.90 Å². The maximum atomic E-state index is 14.1. The van der Waals surface area contributed by atoms with Crippen LogP contribution in [0.4, 0.5) is 4.39 Å². The largest absolute Gasteiger partial charge is 0.494 e. The molecule has 0 spiro atoms. The summed E-state index contributed by atoms with van der Waals surface area (Å²) >= 11 is 6.05. The molecule has 1 aromatic carbocycles. The van der Waals surface area contributed by atoms with Gasteiger partial charge in [-0.15, -0.1) is 0 Å². The molecule has 0 N–H and O–H groups in total. The molecule has 1 aromatic rings. The van der Waals surface area contributed by atoms with E-state index >= 15 is 0 Å². The molecule has 0 bridgehead atoms. The summed E-state index contributed by atoms with van der Waals surface area (Å²) in [7, 11) is 1.46. The Labute approximate surface area is 118 Å². The molecule has 1 heterocycles. The van der Waals surface area contributed by atoms with E-state index in [1.807, 2.05) is 0 Å². The molecule has 0 radical (unpaired) electrons. The highest BCUT2D eigenvalue weighted by atomic mass is 35.5. The minimum Gasteiger partial charge on any atom is -0.494 e. The fraction of sp³-hybridized carbons (Fsp3) is 0.571. The summed E-state index contributed by atoms with van der Waals surface area (Å²) in [6.07, 6.45) is 1.50. The van der Waals surface area contributed by atoms with Crippen molar-refractivity contribution in [3.05, 3.63) is 28.5 Å². The van der Waals surface area contributed by atoms with Gasteiger partial charge >= 0.3 is 0 Å². The van der Waals surface area contributed by atoms with Crippen molar-refractivity contribution in [1.29, 1.82) is 0 Å². The highest BCUT2D eigenvalue weighted by Crippen LogP contribution is 2.28. The van der Waals surface area contributed by atoms with Gasteiger partial charge in [0.05, 0.1) is 20.3 Å². The highest BCUT2D eigenvalue weighted by Gasteiger charge is 2.14. The summed E-state index contributed by atoms with van der Waals surface area (Å²) in [5.41, 5.74) is 0.550. The number of rotatable bonds is 5. The van der Waals surface area contributed by atoms with E-state index in [0.717, 1.165) is 39.3 Å². The number of ether oxygens (including phenoxy) is 2. The molecule has 2 rings (SSSR count). The van der Waals surface area contributed by atoms with E-state index in [-0.39, 0.29) is 11.6 Å². The molecular weight excluding hydrogens is 269 g/mol. The van der Waals surface area contributed by atoms with Crippen molar-refractivity contribution in [2.45, 2.75) is 12.8 Å². The Morgan fingerprint density at radius 1 is 1.37 bits per heavy atom. The van der Waals surface area contributed by atoms with Gasteiger partial charge in [-0.05, 0) is 31.5 Å². The fourth-order valence-electron chi connectivity index (χ4n) is 2.27. The van der Waals surface area contributed by atoms with Crippen LogP contribution >= 0.6 is 11.6 Å². The van der Waals surface area contributed by atoms with E-state index in [4.69, 9.17) is 21.1 Å². The Balaban J connectivity index is 1.91. The first-order valence-corrected chi connectivity index (χ1v) is 6.91. The second-order valence-corrected chi connectivity index (χ2v) is 5.01. The number of morpholine rings is 1. The van der Waals surface area contributed by atoms with E-state index in [1.165, 1.54) is 7.11 Å². The van der Waals surface area contributed by atoms with Crippen LogP contribution in [0.1, 0.15) is 12.0 Å². The third-order valence-corrected chi connectivity index (χ3v) is 3.73. The van der Waals surface area contributed by atoms with Crippen LogP contribution in [0.2, 0.25) is 5.02 Å². The molecule has 0 aromatic heterocycles. The second kappa shape index (κ2) is 7.08. The summed E-state index contributed by atoms with van der Waals surface area (Å²) in [6.45, 7) is 4.42. The molecule has 1 aliphatic heterocycles. The Kier molecular flexibility index (Phi) is 5.43. The Morgan fingerprint density at radius 2 is 2.11 bits per heavy atom. The minimum atomic E-state index is -0.336. The monoisotopic (exact) mass is 287 g/mol. The van der Waals surface area contributed by atoms with Gasteiger partial charge in [0.1, 0.15) is 0 Å². The van der Waals surface area contributed by atoms with Gasteiger partial charge in [0.25, 0.3) is 0 Å². The molecule has 3 nitrogen and oxygen atoms in total. The normalized spacial score (nSPS) is 16.6. The van der Waals surface area contributed by atoms with Gasteiger partial charge in [0.2, 0.25) is 0 Å². The third kappa shape index (κ3) is 3.81. The van der Waals surface area contributed by atoms with Gasteiger partial charge in [-0.25, -0.2) is 4.39 Å². The summed E-state index contributed by atoms with van der Waals surface area (Å²) < 4.78 is 24.3. The molecule has 0 aliphatic carbocycles. The maximum absolute atomic E-state index is 14.1. The predicted molar refractivity (Wildman–Crippen MR) is 73.5 cm³/mol. The average molecular weight is 288 g/mol. The third-order valence-electron chi connectivity index (χ3n) is 3.38. The van der Waals surface area contributed by atoms with Crippen molar-refractivity contribution < 1.29 is 13.9 Å². The molecule has 0 amide bonds. The van der Waals surface area contributed by atoms with Crippen molar-refractivity contribution in [2.75, 3.05) is 40.0 Å². The lowest BCUT2D eigenvalue weighted by molar-refractivity contribution is 0.0374. The van der Waals surface area contributed by atoms with Gasteiger partial charge < -0.3 is 9.47 Å². The molecule has 106 valence electrons. The zero-order valence-corrected chi connectivity index (χ0v) is 11.9. The Bertz CT molecular complexity index is 422. The van der Waals surface area contributed by atoms with Crippen LogP contribution in [0.15, 0.2) is 12.1 Å². The zero-order valence-electron chi connectivity index (χ0n) is 11.1. The maximum Gasteiger partial charge on any atom is 0.169 e. The van der Waals surface area contributed by atoms with Crippen LogP contribution in [-0.4, -0.2) is 44.9 Å². The summed E-state index contributed by atoms with van der Waals surface area (Å²) in [4.78, 5) is 2.33. The lowest BCUT2D eigenvalue weighted by Gasteiger charge is -2.26. The van der Waals surface area contributed by atoms with Crippen molar-refractivity contribution in [2.24, 2.45) is 0 Å². The smallest absolute Gasteiger partial charge is 0.169 e. The Morgan fingerprint density at radius 3 is 2.79 bits per heavy atom. The highest BCUT2D eigenvalue weighted by molar-refractivity contribution is 6.31. The van der Waals surface area contributed by atoms with E-state index in [1.54, 1.807) is 12.1 Å². The molecule has 5 heteroatoms.